The van der Waals surface area contributed by atoms with Crippen LogP contribution in [-0.2, 0) is 14.3 Å². The molecule has 2 fully saturated rings. The van der Waals surface area contributed by atoms with Crippen molar-refractivity contribution in [2.24, 2.45) is 0 Å². The number of carbonyl (C=O) groups excluding carboxylic acids is 1. The molecule has 0 aromatic rings. The molecule has 0 radical (unpaired) electrons. The molecule has 98 valence electrons. The first-order valence-corrected chi connectivity index (χ1v) is 6.36. The molecule has 5 heteroatoms. The smallest absolute Gasteiger partial charge is 0.323 e. The van der Waals surface area contributed by atoms with Gasteiger partial charge >= 0.3 is 5.97 Å². The van der Waals surface area contributed by atoms with Crippen LogP contribution in [0.3, 0.4) is 0 Å². The Labute approximate surface area is 103 Å². The first kappa shape index (κ1) is 12.8. The van der Waals surface area contributed by atoms with Gasteiger partial charge in [0.2, 0.25) is 0 Å². The molecule has 0 spiro atoms. The van der Waals surface area contributed by atoms with Crippen molar-refractivity contribution in [2.45, 2.75) is 25.4 Å². The standard InChI is InChI=1S/C12H22N2O3/c1-10-9-14(11-3-7-17-12(11)15)5-4-13(10)6-8-16-2/h10-11H,3-9H2,1-2H3/t10-,11+/m1/s1. The number of hydrogen-bond donors (Lipinski definition) is 0. The maximum Gasteiger partial charge on any atom is 0.323 e. The fraction of sp³-hybridized carbons (Fsp3) is 0.917. The highest BCUT2D eigenvalue weighted by Crippen LogP contribution is 2.18. The van der Waals surface area contributed by atoms with Crippen molar-refractivity contribution in [1.29, 1.82) is 0 Å². The van der Waals surface area contributed by atoms with Crippen LogP contribution in [0.1, 0.15) is 13.3 Å². The Hall–Kier alpha value is -0.650. The van der Waals surface area contributed by atoms with Crippen LogP contribution < -0.4 is 0 Å². The second-order valence-electron chi connectivity index (χ2n) is 4.84. The van der Waals surface area contributed by atoms with E-state index < -0.39 is 0 Å². The van der Waals surface area contributed by atoms with Crippen LogP contribution in [0, 0.1) is 0 Å². The highest BCUT2D eigenvalue weighted by atomic mass is 16.5. The Kier molecular flexibility index (Phi) is 4.36. The summed E-state index contributed by atoms with van der Waals surface area (Å²) >= 11 is 0. The monoisotopic (exact) mass is 242 g/mol. The van der Waals surface area contributed by atoms with Crippen molar-refractivity contribution >= 4 is 5.97 Å². The molecule has 2 aliphatic heterocycles. The fourth-order valence-electron chi connectivity index (χ4n) is 2.66. The third-order valence-corrected chi connectivity index (χ3v) is 3.73. The van der Waals surface area contributed by atoms with E-state index in [-0.39, 0.29) is 12.0 Å². The quantitative estimate of drug-likeness (QED) is 0.647. The molecule has 0 N–H and O–H groups in total. The highest BCUT2D eigenvalue weighted by Gasteiger charge is 2.35. The fourth-order valence-corrected chi connectivity index (χ4v) is 2.66. The van der Waals surface area contributed by atoms with Crippen LogP contribution in [0.5, 0.6) is 0 Å². The van der Waals surface area contributed by atoms with Crippen LogP contribution in [-0.4, -0.2) is 74.4 Å². The number of methoxy groups -OCH3 is 1. The molecule has 17 heavy (non-hydrogen) atoms. The molecule has 0 saturated carbocycles. The number of esters is 1. The Morgan fingerprint density at radius 3 is 2.88 bits per heavy atom. The zero-order valence-electron chi connectivity index (χ0n) is 10.7. The first-order valence-electron chi connectivity index (χ1n) is 6.36. The number of cyclic esters (lactones) is 1. The van der Waals surface area contributed by atoms with E-state index >= 15 is 0 Å². The van der Waals surface area contributed by atoms with Crippen LogP contribution in [0.15, 0.2) is 0 Å². The molecular weight excluding hydrogens is 220 g/mol. The topological polar surface area (TPSA) is 42.0 Å². The van der Waals surface area contributed by atoms with E-state index in [1.54, 1.807) is 7.11 Å². The van der Waals surface area contributed by atoms with Gasteiger partial charge < -0.3 is 9.47 Å². The van der Waals surface area contributed by atoms with Gasteiger partial charge in [0.05, 0.1) is 13.2 Å². The van der Waals surface area contributed by atoms with Crippen LogP contribution in [0.2, 0.25) is 0 Å². The zero-order valence-corrected chi connectivity index (χ0v) is 10.7. The van der Waals surface area contributed by atoms with Gasteiger partial charge in [0, 0.05) is 45.8 Å². The summed E-state index contributed by atoms with van der Waals surface area (Å²) in [5.74, 6) is -0.0393. The molecule has 2 saturated heterocycles. The molecule has 0 aromatic heterocycles. The van der Waals surface area contributed by atoms with Crippen molar-refractivity contribution < 1.29 is 14.3 Å². The number of rotatable bonds is 4. The summed E-state index contributed by atoms with van der Waals surface area (Å²) in [4.78, 5) is 16.2. The van der Waals surface area contributed by atoms with E-state index in [0.717, 1.165) is 39.2 Å². The normalized spacial score (nSPS) is 31.8. The number of carbonyl (C=O) groups is 1. The summed E-state index contributed by atoms with van der Waals surface area (Å²) in [6, 6.07) is 0.481. The molecule has 0 unspecified atom stereocenters. The van der Waals surface area contributed by atoms with E-state index in [1.807, 2.05) is 0 Å². The zero-order chi connectivity index (χ0) is 12.3. The maximum absolute atomic E-state index is 11.5. The average Bonchev–Trinajstić information content (AvgIpc) is 2.74. The van der Waals surface area contributed by atoms with E-state index in [4.69, 9.17) is 9.47 Å². The third-order valence-electron chi connectivity index (χ3n) is 3.73. The summed E-state index contributed by atoms with van der Waals surface area (Å²) < 4.78 is 10.1. The van der Waals surface area contributed by atoms with E-state index in [0.29, 0.717) is 12.6 Å². The number of piperazine rings is 1. The van der Waals surface area contributed by atoms with Gasteiger partial charge in [0.1, 0.15) is 6.04 Å². The number of nitrogens with zero attached hydrogens (tertiary/aromatic N) is 2. The summed E-state index contributed by atoms with van der Waals surface area (Å²) in [7, 11) is 1.73. The largest absolute Gasteiger partial charge is 0.464 e. The van der Waals surface area contributed by atoms with Gasteiger partial charge in [-0.05, 0) is 6.92 Å². The van der Waals surface area contributed by atoms with Gasteiger partial charge in [-0.15, -0.1) is 0 Å². The molecule has 2 atom stereocenters. The summed E-state index contributed by atoms with van der Waals surface area (Å²) in [5, 5.41) is 0. The minimum atomic E-state index is -0.0393. The van der Waals surface area contributed by atoms with Crippen molar-refractivity contribution in [3.05, 3.63) is 0 Å². The van der Waals surface area contributed by atoms with Gasteiger partial charge in [-0.1, -0.05) is 0 Å². The molecule has 2 aliphatic rings. The third kappa shape index (κ3) is 2.97. The summed E-state index contributed by atoms with van der Waals surface area (Å²) in [6.07, 6.45) is 0.851. The van der Waals surface area contributed by atoms with Crippen molar-refractivity contribution in [3.63, 3.8) is 0 Å². The number of ether oxygens (including phenoxy) is 2. The average molecular weight is 242 g/mol. The molecule has 0 aliphatic carbocycles. The lowest BCUT2D eigenvalue weighted by atomic mass is 10.1. The molecule has 0 aromatic carbocycles. The minimum Gasteiger partial charge on any atom is -0.464 e. The van der Waals surface area contributed by atoms with Crippen LogP contribution >= 0.6 is 0 Å². The Morgan fingerprint density at radius 1 is 1.47 bits per heavy atom. The maximum atomic E-state index is 11.5. The molecular formula is C12H22N2O3. The van der Waals surface area contributed by atoms with E-state index in [2.05, 4.69) is 16.7 Å². The SMILES string of the molecule is COCCN1CCN([C@H]2CCOC2=O)C[C@H]1C. The Balaban J connectivity index is 1.84. The predicted octanol–water partition coefficient (Wildman–Crippen LogP) is -0.0456. The van der Waals surface area contributed by atoms with Gasteiger partial charge in [-0.3, -0.25) is 14.6 Å². The van der Waals surface area contributed by atoms with E-state index in [1.165, 1.54) is 0 Å². The van der Waals surface area contributed by atoms with Crippen molar-refractivity contribution in [1.82, 2.24) is 9.80 Å². The minimum absolute atomic E-state index is 0.00188. The number of hydrogen-bond acceptors (Lipinski definition) is 5. The van der Waals surface area contributed by atoms with Gasteiger partial charge in [-0.25, -0.2) is 0 Å². The highest BCUT2D eigenvalue weighted by molar-refractivity contribution is 5.77. The predicted molar refractivity (Wildman–Crippen MR) is 63.8 cm³/mol. The second-order valence-corrected chi connectivity index (χ2v) is 4.84. The summed E-state index contributed by atoms with van der Waals surface area (Å²) in [5.41, 5.74) is 0. The van der Waals surface area contributed by atoms with Gasteiger partial charge in [-0.2, -0.15) is 0 Å². The van der Waals surface area contributed by atoms with Gasteiger partial charge in [0.25, 0.3) is 0 Å². The molecule has 2 rings (SSSR count). The lowest BCUT2D eigenvalue weighted by Crippen LogP contribution is -2.56. The Bertz CT molecular complexity index is 272. The Morgan fingerprint density at radius 2 is 2.29 bits per heavy atom. The molecule has 5 nitrogen and oxygen atoms in total. The first-order chi connectivity index (χ1) is 8.22. The molecule has 2 heterocycles. The lowest BCUT2D eigenvalue weighted by Gasteiger charge is -2.41. The second kappa shape index (κ2) is 5.80. The van der Waals surface area contributed by atoms with Gasteiger partial charge in [0.15, 0.2) is 0 Å². The molecule has 0 amide bonds. The van der Waals surface area contributed by atoms with E-state index in [9.17, 15) is 4.79 Å². The lowest BCUT2D eigenvalue weighted by molar-refractivity contribution is -0.143. The van der Waals surface area contributed by atoms with Crippen LogP contribution in [0.4, 0.5) is 0 Å². The van der Waals surface area contributed by atoms with Crippen molar-refractivity contribution in [2.75, 3.05) is 46.5 Å². The van der Waals surface area contributed by atoms with Crippen LogP contribution in [0.25, 0.3) is 0 Å². The van der Waals surface area contributed by atoms with Crippen molar-refractivity contribution in [3.8, 4) is 0 Å². The summed E-state index contributed by atoms with van der Waals surface area (Å²) in [6.45, 7) is 7.45. The molecule has 0 bridgehead atoms.